The fraction of sp³-hybridized carbons (Fsp3) is 0. The second-order valence-electron chi connectivity index (χ2n) is 2.97. The number of rotatable bonds is 4. The molecule has 0 fully saturated rings. The lowest BCUT2D eigenvalue weighted by Gasteiger charge is -1.97. The summed E-state index contributed by atoms with van der Waals surface area (Å²) in [6, 6.07) is 6.64. The monoisotopic (exact) mass is 216 g/mol. The molecule has 0 atom stereocenters. The van der Waals surface area contributed by atoms with Gasteiger partial charge >= 0.3 is 0 Å². The molecule has 82 valence electrons. The smallest absolute Gasteiger partial charge is 0.0643 e. The normalized spacial score (nSPS) is 11.0. The van der Waals surface area contributed by atoms with Gasteiger partial charge in [0.1, 0.15) is 0 Å². The summed E-state index contributed by atoms with van der Waals surface area (Å²) in [4.78, 5) is 20.3. The van der Waals surface area contributed by atoms with Crippen LogP contribution in [-0.4, -0.2) is 11.9 Å². The Morgan fingerprint density at radius 1 is 0.812 bits per heavy atom. The van der Waals surface area contributed by atoms with Crippen LogP contribution in [0.25, 0.3) is 12.2 Å². The van der Waals surface area contributed by atoms with Crippen molar-refractivity contribution in [2.75, 3.05) is 0 Å². The van der Waals surface area contributed by atoms with Gasteiger partial charge in [-0.3, -0.25) is 0 Å². The molecule has 0 unspecified atom stereocenters. The van der Waals surface area contributed by atoms with E-state index in [1.165, 1.54) is 12.2 Å². The minimum atomic E-state index is -1.26. The summed E-state index contributed by atoms with van der Waals surface area (Å²) in [5, 5.41) is 20.3. The average molecular weight is 216 g/mol. The van der Waals surface area contributed by atoms with E-state index in [0.29, 0.717) is 11.1 Å². The molecule has 4 heteroatoms. The highest BCUT2D eigenvalue weighted by Crippen LogP contribution is 2.07. The van der Waals surface area contributed by atoms with Gasteiger partial charge in [-0.25, -0.2) is 0 Å². The van der Waals surface area contributed by atoms with Crippen molar-refractivity contribution in [2.45, 2.75) is 0 Å². The first-order valence-corrected chi connectivity index (χ1v) is 4.46. The second kappa shape index (κ2) is 5.50. The molecule has 0 saturated carbocycles. The Balaban J connectivity index is 2.75. The van der Waals surface area contributed by atoms with E-state index in [1.54, 1.807) is 24.3 Å². The average Bonchev–Trinajstić information content (AvgIpc) is 2.25. The highest BCUT2D eigenvalue weighted by Gasteiger charge is 1.88. The summed E-state index contributed by atoms with van der Waals surface area (Å²) in [5.41, 5.74) is 1.38. The number of carbonyl (C=O) groups is 2. The van der Waals surface area contributed by atoms with Crippen LogP contribution in [0.1, 0.15) is 11.1 Å². The van der Waals surface area contributed by atoms with Crippen molar-refractivity contribution >= 4 is 24.1 Å². The molecule has 4 nitrogen and oxygen atoms in total. The zero-order valence-corrected chi connectivity index (χ0v) is 8.25. The number of hydrogen-bond acceptors (Lipinski definition) is 4. The molecule has 0 bridgehead atoms. The molecule has 0 aliphatic heterocycles. The van der Waals surface area contributed by atoms with Gasteiger partial charge in [-0.15, -0.1) is 0 Å². The SMILES string of the molecule is O=C([O-])/C=C/c1ccc(/C=C/C(=O)[O-])cc1. The lowest BCUT2D eigenvalue weighted by atomic mass is 10.1. The third kappa shape index (κ3) is 4.23. The second-order valence-corrected chi connectivity index (χ2v) is 2.97. The maximum absolute atomic E-state index is 10.1. The largest absolute Gasteiger partial charge is 0.545 e. The van der Waals surface area contributed by atoms with Crippen molar-refractivity contribution in [3.05, 3.63) is 47.5 Å². The fourth-order valence-electron chi connectivity index (χ4n) is 1.05. The molecular weight excluding hydrogens is 208 g/mol. The van der Waals surface area contributed by atoms with Crippen LogP contribution in [0, 0.1) is 0 Å². The highest BCUT2D eigenvalue weighted by atomic mass is 16.4. The van der Waals surface area contributed by atoms with E-state index in [2.05, 4.69) is 0 Å². The maximum atomic E-state index is 10.1. The van der Waals surface area contributed by atoms with Crippen LogP contribution >= 0.6 is 0 Å². The minimum absolute atomic E-state index is 0.690. The first-order valence-electron chi connectivity index (χ1n) is 4.46. The van der Waals surface area contributed by atoms with Crippen molar-refractivity contribution in [1.82, 2.24) is 0 Å². The van der Waals surface area contributed by atoms with Crippen molar-refractivity contribution in [2.24, 2.45) is 0 Å². The van der Waals surface area contributed by atoms with Crippen LogP contribution in [0.4, 0.5) is 0 Å². The summed E-state index contributed by atoms with van der Waals surface area (Å²) < 4.78 is 0. The molecule has 0 amide bonds. The van der Waals surface area contributed by atoms with Crippen LogP contribution < -0.4 is 10.2 Å². The summed E-state index contributed by atoms with van der Waals surface area (Å²) >= 11 is 0. The maximum Gasteiger partial charge on any atom is 0.0643 e. The lowest BCUT2D eigenvalue weighted by molar-refractivity contribution is -0.298. The minimum Gasteiger partial charge on any atom is -0.545 e. The first-order chi connectivity index (χ1) is 7.58. The topological polar surface area (TPSA) is 80.3 Å². The molecular formula is C12H8O4-2. The van der Waals surface area contributed by atoms with Gasteiger partial charge in [0.15, 0.2) is 0 Å². The molecule has 0 radical (unpaired) electrons. The highest BCUT2D eigenvalue weighted by molar-refractivity contribution is 5.84. The van der Waals surface area contributed by atoms with Gasteiger partial charge in [0.25, 0.3) is 0 Å². The molecule has 1 aromatic carbocycles. The van der Waals surface area contributed by atoms with Gasteiger partial charge in [-0.1, -0.05) is 36.4 Å². The van der Waals surface area contributed by atoms with E-state index in [0.717, 1.165) is 12.2 Å². The summed E-state index contributed by atoms with van der Waals surface area (Å²) in [7, 11) is 0. The van der Waals surface area contributed by atoms with E-state index in [-0.39, 0.29) is 0 Å². The third-order valence-corrected chi connectivity index (χ3v) is 1.76. The molecule has 0 spiro atoms. The Bertz CT molecular complexity index is 398. The Morgan fingerprint density at radius 3 is 1.38 bits per heavy atom. The standard InChI is InChI=1S/C12H10O4/c13-11(14)7-5-9-1-2-10(4-3-9)6-8-12(15)16/h1-8H,(H,13,14)(H,15,16)/p-2/b7-5+,8-6+. The molecule has 1 rings (SSSR count). The van der Waals surface area contributed by atoms with Gasteiger partial charge in [-0.05, 0) is 23.3 Å². The quantitative estimate of drug-likeness (QED) is 0.618. The third-order valence-electron chi connectivity index (χ3n) is 1.76. The summed E-state index contributed by atoms with van der Waals surface area (Å²) in [6.45, 7) is 0. The first kappa shape index (κ1) is 11.7. The van der Waals surface area contributed by atoms with Crippen LogP contribution in [0.15, 0.2) is 36.4 Å². The number of hydrogen-bond donors (Lipinski definition) is 0. The van der Waals surface area contributed by atoms with Crippen molar-refractivity contribution in [3.63, 3.8) is 0 Å². The Hall–Kier alpha value is -2.36. The summed E-state index contributed by atoms with van der Waals surface area (Å²) in [6.07, 6.45) is 4.63. The Kier molecular flexibility index (Phi) is 4.03. The van der Waals surface area contributed by atoms with E-state index in [4.69, 9.17) is 0 Å². The zero-order chi connectivity index (χ0) is 12.0. The number of carboxylic acid groups (broad SMARTS) is 2. The van der Waals surface area contributed by atoms with E-state index in [9.17, 15) is 19.8 Å². The van der Waals surface area contributed by atoms with Gasteiger partial charge in [0, 0.05) is 0 Å². The number of benzene rings is 1. The van der Waals surface area contributed by atoms with Gasteiger partial charge < -0.3 is 19.8 Å². The number of aliphatic carboxylic acids is 2. The Labute approximate surface area is 92.2 Å². The fourth-order valence-corrected chi connectivity index (χ4v) is 1.05. The number of carbonyl (C=O) groups excluding carboxylic acids is 2. The van der Waals surface area contributed by atoms with Gasteiger partial charge in [-0.2, -0.15) is 0 Å². The molecule has 16 heavy (non-hydrogen) atoms. The number of carboxylic acids is 2. The van der Waals surface area contributed by atoms with Crippen LogP contribution in [-0.2, 0) is 9.59 Å². The zero-order valence-electron chi connectivity index (χ0n) is 8.25. The predicted molar refractivity (Wildman–Crippen MR) is 54.5 cm³/mol. The van der Waals surface area contributed by atoms with E-state index in [1.807, 2.05) is 0 Å². The van der Waals surface area contributed by atoms with Gasteiger partial charge in [0.05, 0.1) is 11.9 Å². The van der Waals surface area contributed by atoms with Crippen LogP contribution in [0.5, 0.6) is 0 Å². The van der Waals surface area contributed by atoms with Crippen molar-refractivity contribution in [1.29, 1.82) is 0 Å². The molecule has 0 aromatic heterocycles. The van der Waals surface area contributed by atoms with Gasteiger partial charge in [0.2, 0.25) is 0 Å². The van der Waals surface area contributed by atoms with Crippen molar-refractivity contribution < 1.29 is 19.8 Å². The molecule has 0 saturated heterocycles. The lowest BCUT2D eigenvalue weighted by Crippen LogP contribution is -2.18. The Morgan fingerprint density at radius 2 is 1.12 bits per heavy atom. The van der Waals surface area contributed by atoms with E-state index >= 15 is 0 Å². The molecule has 0 N–H and O–H groups in total. The van der Waals surface area contributed by atoms with E-state index < -0.39 is 11.9 Å². The molecule has 0 heterocycles. The molecule has 0 aliphatic rings. The predicted octanol–water partition coefficient (Wildman–Crippen LogP) is -0.787. The van der Waals surface area contributed by atoms with Crippen molar-refractivity contribution in [3.8, 4) is 0 Å². The van der Waals surface area contributed by atoms with Crippen LogP contribution in [0.2, 0.25) is 0 Å². The van der Waals surface area contributed by atoms with Crippen LogP contribution in [0.3, 0.4) is 0 Å². The molecule has 1 aromatic rings. The summed E-state index contributed by atoms with van der Waals surface area (Å²) in [5.74, 6) is -2.53. The molecule has 0 aliphatic carbocycles.